The summed E-state index contributed by atoms with van der Waals surface area (Å²) >= 11 is 9.61. The van der Waals surface area contributed by atoms with Crippen molar-refractivity contribution in [3.63, 3.8) is 0 Å². The Morgan fingerprint density at radius 3 is 2.67 bits per heavy atom. The highest BCUT2D eigenvalue weighted by Crippen LogP contribution is 2.30. The Kier molecular flexibility index (Phi) is 5.10. The van der Waals surface area contributed by atoms with Crippen molar-refractivity contribution in [1.82, 2.24) is 14.7 Å². The Hall–Kier alpha value is -0.0600. The molecule has 1 fully saturated rings. The van der Waals surface area contributed by atoms with Gasteiger partial charge in [0.15, 0.2) is 0 Å². The summed E-state index contributed by atoms with van der Waals surface area (Å²) in [7, 11) is 0. The summed E-state index contributed by atoms with van der Waals surface area (Å²) in [4.78, 5) is 2.49. The van der Waals surface area contributed by atoms with E-state index in [2.05, 4.69) is 44.5 Å². The summed E-state index contributed by atoms with van der Waals surface area (Å²) in [5.74, 6) is 0.703. The van der Waals surface area contributed by atoms with Crippen LogP contribution in [-0.2, 0) is 19.5 Å². The van der Waals surface area contributed by atoms with Gasteiger partial charge in [-0.15, -0.1) is 11.6 Å². The molecule has 0 aliphatic heterocycles. The Bertz CT molecular complexity index is 401. The van der Waals surface area contributed by atoms with Gasteiger partial charge in [-0.05, 0) is 42.1 Å². The van der Waals surface area contributed by atoms with Gasteiger partial charge in [-0.3, -0.25) is 9.58 Å². The molecule has 1 aromatic heterocycles. The summed E-state index contributed by atoms with van der Waals surface area (Å²) in [5.41, 5.74) is 2.46. The van der Waals surface area contributed by atoms with Crippen LogP contribution in [0.15, 0.2) is 4.47 Å². The second-order valence-corrected chi connectivity index (χ2v) is 5.94. The lowest BCUT2D eigenvalue weighted by Crippen LogP contribution is -2.29. The van der Waals surface area contributed by atoms with E-state index in [4.69, 9.17) is 11.6 Å². The maximum atomic E-state index is 5.90. The van der Waals surface area contributed by atoms with Crippen LogP contribution in [0.3, 0.4) is 0 Å². The van der Waals surface area contributed by atoms with Crippen molar-refractivity contribution in [2.24, 2.45) is 0 Å². The molecule has 0 spiro atoms. The zero-order valence-electron chi connectivity index (χ0n) is 11.1. The van der Waals surface area contributed by atoms with E-state index in [1.807, 2.05) is 0 Å². The first-order chi connectivity index (χ1) is 8.71. The molecule has 0 bridgehead atoms. The molecule has 0 aromatic carbocycles. The second-order valence-electron chi connectivity index (χ2n) is 4.77. The van der Waals surface area contributed by atoms with Crippen molar-refractivity contribution in [1.29, 1.82) is 0 Å². The molecule has 1 saturated carbocycles. The van der Waals surface area contributed by atoms with Gasteiger partial charge < -0.3 is 0 Å². The van der Waals surface area contributed by atoms with Gasteiger partial charge in [0.05, 0.1) is 15.9 Å². The molecule has 102 valence electrons. The van der Waals surface area contributed by atoms with Crippen LogP contribution in [0, 0.1) is 0 Å². The van der Waals surface area contributed by atoms with Crippen LogP contribution in [0.25, 0.3) is 0 Å². The van der Waals surface area contributed by atoms with Crippen molar-refractivity contribution in [3.05, 3.63) is 15.9 Å². The molecule has 0 N–H and O–H groups in total. The van der Waals surface area contributed by atoms with E-state index in [9.17, 15) is 0 Å². The monoisotopic (exact) mass is 333 g/mol. The van der Waals surface area contributed by atoms with E-state index in [0.717, 1.165) is 37.8 Å². The number of hydrogen-bond donors (Lipinski definition) is 0. The van der Waals surface area contributed by atoms with Gasteiger partial charge in [-0.25, -0.2) is 0 Å². The molecule has 3 nitrogen and oxygen atoms in total. The summed E-state index contributed by atoms with van der Waals surface area (Å²) < 4.78 is 3.30. The number of hydrogen-bond acceptors (Lipinski definition) is 2. The number of aromatic nitrogens is 2. The molecule has 0 unspecified atom stereocenters. The summed E-state index contributed by atoms with van der Waals surface area (Å²) in [6, 6.07) is 0.737. The predicted octanol–water partition coefficient (Wildman–Crippen LogP) is 3.43. The number of nitrogens with zero attached hydrogens (tertiary/aromatic N) is 3. The quantitative estimate of drug-likeness (QED) is 0.712. The fourth-order valence-corrected chi connectivity index (χ4v) is 3.21. The first kappa shape index (κ1) is 14.4. The molecule has 0 radical (unpaired) electrons. The van der Waals surface area contributed by atoms with Gasteiger partial charge in [0.2, 0.25) is 0 Å². The second kappa shape index (κ2) is 6.40. The first-order valence-corrected chi connectivity index (χ1v) is 8.08. The van der Waals surface area contributed by atoms with E-state index in [1.54, 1.807) is 0 Å². The molecular formula is C13H21BrClN3. The number of aryl methyl sites for hydroxylation is 2. The first-order valence-electron chi connectivity index (χ1n) is 6.75. The maximum Gasteiger partial charge on any atom is 0.0767 e. The highest BCUT2D eigenvalue weighted by Gasteiger charge is 2.30. The highest BCUT2D eigenvalue weighted by molar-refractivity contribution is 9.10. The largest absolute Gasteiger partial charge is 0.293 e. The van der Waals surface area contributed by atoms with Gasteiger partial charge >= 0.3 is 0 Å². The summed E-state index contributed by atoms with van der Waals surface area (Å²) in [6.45, 7) is 7.14. The Morgan fingerprint density at radius 1 is 1.44 bits per heavy atom. The molecule has 2 rings (SSSR count). The zero-order valence-corrected chi connectivity index (χ0v) is 13.5. The Morgan fingerprint density at radius 2 is 2.17 bits per heavy atom. The molecule has 1 aliphatic carbocycles. The molecule has 0 saturated heterocycles. The molecule has 0 amide bonds. The van der Waals surface area contributed by atoms with Gasteiger partial charge in [0, 0.05) is 31.6 Å². The average Bonchev–Trinajstić information content (AvgIpc) is 3.16. The standard InChI is InChI=1S/C13H21BrClN3/c1-3-11-13(14)12(18(4-2)16-11)9-17(8-7-15)10-5-6-10/h10H,3-9H2,1-2H3. The van der Waals surface area contributed by atoms with Crippen molar-refractivity contribution in [3.8, 4) is 0 Å². The van der Waals surface area contributed by atoms with E-state index < -0.39 is 0 Å². The third kappa shape index (κ3) is 3.09. The van der Waals surface area contributed by atoms with Crippen LogP contribution < -0.4 is 0 Å². The van der Waals surface area contributed by atoms with E-state index in [0.29, 0.717) is 5.88 Å². The molecule has 1 aliphatic rings. The van der Waals surface area contributed by atoms with E-state index in [1.165, 1.54) is 23.0 Å². The van der Waals surface area contributed by atoms with Crippen LogP contribution in [0.5, 0.6) is 0 Å². The van der Waals surface area contributed by atoms with Crippen LogP contribution in [-0.4, -0.2) is 33.1 Å². The Balaban J connectivity index is 2.17. The molecule has 0 atom stereocenters. The third-order valence-electron chi connectivity index (χ3n) is 3.48. The van der Waals surface area contributed by atoms with Crippen molar-refractivity contribution in [2.45, 2.75) is 52.2 Å². The average molecular weight is 335 g/mol. The summed E-state index contributed by atoms with van der Waals surface area (Å²) in [6.07, 6.45) is 3.60. The normalized spacial score (nSPS) is 15.6. The number of alkyl halides is 1. The minimum Gasteiger partial charge on any atom is -0.293 e. The van der Waals surface area contributed by atoms with Crippen LogP contribution >= 0.6 is 27.5 Å². The van der Waals surface area contributed by atoms with Gasteiger partial charge in [-0.1, -0.05) is 6.92 Å². The fraction of sp³-hybridized carbons (Fsp3) is 0.769. The van der Waals surface area contributed by atoms with Crippen molar-refractivity contribution < 1.29 is 0 Å². The number of rotatable bonds is 7. The zero-order chi connectivity index (χ0) is 13.1. The van der Waals surface area contributed by atoms with Crippen molar-refractivity contribution in [2.75, 3.05) is 12.4 Å². The molecule has 1 aromatic rings. The predicted molar refractivity (Wildman–Crippen MR) is 79.1 cm³/mol. The van der Waals surface area contributed by atoms with Crippen LogP contribution in [0.2, 0.25) is 0 Å². The molecule has 5 heteroatoms. The SMILES string of the molecule is CCc1nn(CC)c(CN(CCCl)C2CC2)c1Br. The number of halogens is 2. The van der Waals surface area contributed by atoms with Crippen LogP contribution in [0.4, 0.5) is 0 Å². The van der Waals surface area contributed by atoms with Crippen LogP contribution in [0.1, 0.15) is 38.1 Å². The highest BCUT2D eigenvalue weighted by atomic mass is 79.9. The van der Waals surface area contributed by atoms with E-state index >= 15 is 0 Å². The lowest BCUT2D eigenvalue weighted by Gasteiger charge is -2.21. The minimum absolute atomic E-state index is 0.703. The van der Waals surface area contributed by atoms with Gasteiger partial charge in [-0.2, -0.15) is 5.10 Å². The third-order valence-corrected chi connectivity index (χ3v) is 4.57. The molecule has 18 heavy (non-hydrogen) atoms. The lowest BCUT2D eigenvalue weighted by molar-refractivity contribution is 0.261. The molecule has 1 heterocycles. The fourth-order valence-electron chi connectivity index (χ4n) is 2.30. The summed E-state index contributed by atoms with van der Waals surface area (Å²) in [5, 5.41) is 4.65. The van der Waals surface area contributed by atoms with Gasteiger partial charge in [0.25, 0.3) is 0 Å². The topological polar surface area (TPSA) is 21.1 Å². The van der Waals surface area contributed by atoms with Gasteiger partial charge in [0.1, 0.15) is 0 Å². The Labute approximate surface area is 123 Å². The van der Waals surface area contributed by atoms with Crippen molar-refractivity contribution >= 4 is 27.5 Å². The van der Waals surface area contributed by atoms with E-state index in [-0.39, 0.29) is 0 Å². The minimum atomic E-state index is 0.703. The lowest BCUT2D eigenvalue weighted by atomic mass is 10.3. The smallest absolute Gasteiger partial charge is 0.0767 e. The molecular weight excluding hydrogens is 314 g/mol. The maximum absolute atomic E-state index is 5.90.